The van der Waals surface area contributed by atoms with Crippen LogP contribution in [0.15, 0.2) is 21.5 Å². The van der Waals surface area contributed by atoms with Gasteiger partial charge in [-0.15, -0.1) is 0 Å². The topological polar surface area (TPSA) is 71.5 Å². The maximum atomic E-state index is 11.7. The van der Waals surface area contributed by atoms with Gasteiger partial charge in [0, 0.05) is 6.20 Å². The molecule has 2 aromatic rings. The van der Waals surface area contributed by atoms with E-state index in [0.29, 0.717) is 28.2 Å². The van der Waals surface area contributed by atoms with E-state index in [9.17, 15) is 4.79 Å². The lowest BCUT2D eigenvalue weighted by atomic mass is 10.3. The zero-order valence-corrected chi connectivity index (χ0v) is 11.1. The fourth-order valence-electron chi connectivity index (χ4n) is 1.45. The van der Waals surface area contributed by atoms with Crippen molar-refractivity contribution in [2.75, 3.05) is 0 Å². The van der Waals surface area contributed by atoms with Crippen LogP contribution in [0.5, 0.6) is 0 Å². The van der Waals surface area contributed by atoms with Crippen LogP contribution in [0.25, 0.3) is 11.5 Å². The minimum absolute atomic E-state index is 0.192. The molecule has 0 aliphatic carbocycles. The number of nitrogens with one attached hydrogen (secondary N) is 1. The predicted octanol–water partition coefficient (Wildman–Crippen LogP) is 1.86. The first kappa shape index (κ1) is 11.9. The number of aromatic amines is 1. The van der Waals surface area contributed by atoms with E-state index in [1.54, 1.807) is 19.2 Å². The molecule has 17 heavy (non-hydrogen) atoms. The van der Waals surface area contributed by atoms with Crippen LogP contribution in [-0.2, 0) is 6.42 Å². The average Bonchev–Trinajstić information content (AvgIpc) is 2.32. The number of aryl methyl sites for hydroxylation is 2. The third-order valence-electron chi connectivity index (χ3n) is 2.28. The van der Waals surface area contributed by atoms with Gasteiger partial charge in [-0.3, -0.25) is 4.79 Å². The van der Waals surface area contributed by atoms with Gasteiger partial charge in [-0.25, -0.2) is 15.0 Å². The van der Waals surface area contributed by atoms with Gasteiger partial charge in [-0.2, -0.15) is 0 Å². The summed E-state index contributed by atoms with van der Waals surface area (Å²) in [4.78, 5) is 27.0. The summed E-state index contributed by atoms with van der Waals surface area (Å²) in [6.07, 6.45) is 2.33. The molecule has 0 aliphatic rings. The SMILES string of the molecule is CCc1nc(-c2ccnc(C)n2)[nH]c(=O)c1Br. The molecule has 0 fully saturated rings. The second-order valence-corrected chi connectivity index (χ2v) is 4.31. The van der Waals surface area contributed by atoms with Crippen molar-refractivity contribution in [1.29, 1.82) is 0 Å². The summed E-state index contributed by atoms with van der Waals surface area (Å²) in [7, 11) is 0. The second kappa shape index (κ2) is 4.75. The van der Waals surface area contributed by atoms with E-state index in [1.807, 2.05) is 6.92 Å². The van der Waals surface area contributed by atoms with Crippen molar-refractivity contribution in [1.82, 2.24) is 19.9 Å². The van der Waals surface area contributed by atoms with Crippen LogP contribution in [-0.4, -0.2) is 19.9 Å². The van der Waals surface area contributed by atoms with Crippen molar-refractivity contribution in [2.24, 2.45) is 0 Å². The molecule has 0 saturated heterocycles. The molecule has 2 rings (SSSR count). The lowest BCUT2D eigenvalue weighted by Crippen LogP contribution is -2.13. The number of halogens is 1. The van der Waals surface area contributed by atoms with E-state index in [1.165, 1.54) is 0 Å². The van der Waals surface area contributed by atoms with Crippen molar-refractivity contribution in [3.8, 4) is 11.5 Å². The third kappa shape index (κ3) is 2.41. The molecule has 1 N–H and O–H groups in total. The maximum Gasteiger partial charge on any atom is 0.265 e. The molecule has 5 nitrogen and oxygen atoms in total. The van der Waals surface area contributed by atoms with E-state index < -0.39 is 0 Å². The summed E-state index contributed by atoms with van der Waals surface area (Å²) in [6, 6.07) is 1.72. The highest BCUT2D eigenvalue weighted by molar-refractivity contribution is 9.10. The van der Waals surface area contributed by atoms with Crippen molar-refractivity contribution in [3.63, 3.8) is 0 Å². The fourth-order valence-corrected chi connectivity index (χ4v) is 1.92. The summed E-state index contributed by atoms with van der Waals surface area (Å²) in [5, 5.41) is 0. The molecule has 0 unspecified atom stereocenters. The Morgan fingerprint density at radius 2 is 2.18 bits per heavy atom. The number of nitrogens with zero attached hydrogens (tertiary/aromatic N) is 3. The summed E-state index contributed by atoms with van der Waals surface area (Å²) >= 11 is 3.22. The molecule has 0 spiro atoms. The number of hydrogen-bond acceptors (Lipinski definition) is 4. The Balaban J connectivity index is 2.61. The van der Waals surface area contributed by atoms with Crippen molar-refractivity contribution in [2.45, 2.75) is 20.3 Å². The molecule has 0 aliphatic heterocycles. The smallest absolute Gasteiger partial charge is 0.265 e. The molecule has 88 valence electrons. The van der Waals surface area contributed by atoms with Gasteiger partial charge in [0.1, 0.15) is 16.0 Å². The van der Waals surface area contributed by atoms with Crippen molar-refractivity contribution >= 4 is 15.9 Å². The maximum absolute atomic E-state index is 11.7. The molecule has 0 aromatic carbocycles. The zero-order valence-electron chi connectivity index (χ0n) is 9.49. The van der Waals surface area contributed by atoms with Crippen LogP contribution < -0.4 is 5.56 Å². The minimum Gasteiger partial charge on any atom is -0.304 e. The van der Waals surface area contributed by atoms with E-state index in [4.69, 9.17) is 0 Å². The van der Waals surface area contributed by atoms with E-state index >= 15 is 0 Å². The second-order valence-electron chi connectivity index (χ2n) is 3.52. The Labute approximate surface area is 106 Å². The molecular weight excluding hydrogens is 284 g/mol. The number of H-pyrrole nitrogens is 1. The van der Waals surface area contributed by atoms with Gasteiger partial charge in [0.05, 0.1) is 5.69 Å². The highest BCUT2D eigenvalue weighted by Gasteiger charge is 2.09. The van der Waals surface area contributed by atoms with E-state index in [-0.39, 0.29) is 5.56 Å². The Morgan fingerprint density at radius 3 is 2.82 bits per heavy atom. The molecule has 0 saturated carbocycles. The zero-order chi connectivity index (χ0) is 12.4. The Kier molecular flexibility index (Phi) is 3.33. The van der Waals surface area contributed by atoms with E-state index in [2.05, 4.69) is 35.9 Å². The Hall–Kier alpha value is -1.56. The first-order valence-corrected chi connectivity index (χ1v) is 6.00. The van der Waals surface area contributed by atoms with Gasteiger partial charge in [0.2, 0.25) is 0 Å². The minimum atomic E-state index is -0.192. The number of aromatic nitrogens is 4. The summed E-state index contributed by atoms with van der Waals surface area (Å²) in [6.45, 7) is 3.74. The van der Waals surface area contributed by atoms with Crippen LogP contribution in [0.2, 0.25) is 0 Å². The van der Waals surface area contributed by atoms with Crippen molar-refractivity contribution < 1.29 is 0 Å². The quantitative estimate of drug-likeness (QED) is 0.918. The fraction of sp³-hybridized carbons (Fsp3) is 0.273. The third-order valence-corrected chi connectivity index (χ3v) is 3.10. The monoisotopic (exact) mass is 294 g/mol. The van der Waals surface area contributed by atoms with E-state index in [0.717, 1.165) is 5.69 Å². The molecule has 0 amide bonds. The Bertz CT molecular complexity index is 609. The van der Waals surface area contributed by atoms with Gasteiger partial charge in [-0.05, 0) is 35.3 Å². The van der Waals surface area contributed by atoms with Crippen LogP contribution in [0.4, 0.5) is 0 Å². The molecule has 0 atom stereocenters. The molecule has 0 radical (unpaired) electrons. The van der Waals surface area contributed by atoms with Gasteiger partial charge in [0.25, 0.3) is 5.56 Å². The molecule has 6 heteroatoms. The van der Waals surface area contributed by atoms with Crippen LogP contribution in [0.1, 0.15) is 18.4 Å². The van der Waals surface area contributed by atoms with Gasteiger partial charge >= 0.3 is 0 Å². The molecule has 2 heterocycles. The standard InChI is InChI=1S/C11H11BrN4O/c1-3-7-9(12)11(17)16-10(15-7)8-4-5-13-6(2)14-8/h4-5H,3H2,1-2H3,(H,15,16,17). The lowest BCUT2D eigenvalue weighted by molar-refractivity contribution is 0.953. The highest BCUT2D eigenvalue weighted by atomic mass is 79.9. The molecule has 0 bridgehead atoms. The summed E-state index contributed by atoms with van der Waals surface area (Å²) in [5.41, 5.74) is 1.15. The lowest BCUT2D eigenvalue weighted by Gasteiger charge is -2.04. The van der Waals surface area contributed by atoms with Gasteiger partial charge in [-0.1, -0.05) is 6.92 Å². The van der Waals surface area contributed by atoms with Gasteiger partial charge < -0.3 is 4.98 Å². The van der Waals surface area contributed by atoms with Crippen LogP contribution >= 0.6 is 15.9 Å². The normalized spacial score (nSPS) is 10.5. The summed E-state index contributed by atoms with van der Waals surface area (Å²) in [5.74, 6) is 1.12. The molecular formula is C11H11BrN4O. The average molecular weight is 295 g/mol. The highest BCUT2D eigenvalue weighted by Crippen LogP contribution is 2.15. The number of rotatable bonds is 2. The molecule has 2 aromatic heterocycles. The first-order chi connectivity index (χ1) is 8.11. The van der Waals surface area contributed by atoms with Gasteiger partial charge in [0.15, 0.2) is 5.82 Å². The first-order valence-electron chi connectivity index (χ1n) is 5.20. The number of hydrogen-bond donors (Lipinski definition) is 1. The van der Waals surface area contributed by atoms with Crippen LogP contribution in [0.3, 0.4) is 0 Å². The predicted molar refractivity (Wildman–Crippen MR) is 67.7 cm³/mol. The summed E-state index contributed by atoms with van der Waals surface area (Å²) < 4.78 is 0.481. The Morgan fingerprint density at radius 1 is 1.41 bits per heavy atom. The van der Waals surface area contributed by atoms with Crippen molar-refractivity contribution in [3.05, 3.63) is 38.6 Å². The van der Waals surface area contributed by atoms with Crippen LogP contribution in [0, 0.1) is 6.92 Å². The largest absolute Gasteiger partial charge is 0.304 e.